The third-order valence-electron chi connectivity index (χ3n) is 6.05. The number of nitrogens with zero attached hydrogens (tertiary/aromatic N) is 3. The molecule has 1 N–H and O–H groups in total. The summed E-state index contributed by atoms with van der Waals surface area (Å²) in [6.45, 7) is 4.56. The minimum absolute atomic E-state index is 0.0588. The summed E-state index contributed by atoms with van der Waals surface area (Å²) in [5.41, 5.74) is 0.166. The Labute approximate surface area is 238 Å². The summed E-state index contributed by atoms with van der Waals surface area (Å²) in [7, 11) is -4.34. The van der Waals surface area contributed by atoms with Gasteiger partial charge in [0.2, 0.25) is 11.8 Å². The molecule has 212 valence electrons. The first-order valence-electron chi connectivity index (χ1n) is 12.6. The van der Waals surface area contributed by atoms with Crippen LogP contribution in [0.4, 0.5) is 11.4 Å². The molecule has 0 saturated heterocycles. The van der Waals surface area contributed by atoms with E-state index in [1.54, 1.807) is 51.1 Å². The fourth-order valence-corrected chi connectivity index (χ4v) is 5.74. The summed E-state index contributed by atoms with van der Waals surface area (Å²) in [5.74, 6) is -1.08. The van der Waals surface area contributed by atoms with Crippen molar-refractivity contribution in [2.75, 3.05) is 10.8 Å². The summed E-state index contributed by atoms with van der Waals surface area (Å²) in [5, 5.41) is 14.7. The lowest BCUT2D eigenvalue weighted by atomic mass is 10.1. The molecule has 40 heavy (non-hydrogen) atoms. The minimum atomic E-state index is -4.34. The lowest BCUT2D eigenvalue weighted by molar-refractivity contribution is -0.384. The zero-order valence-corrected chi connectivity index (χ0v) is 23.9. The number of halogens is 1. The molecule has 2 amide bonds. The predicted octanol–water partition coefficient (Wildman–Crippen LogP) is 4.78. The number of sulfonamides is 1. The molecule has 3 rings (SSSR count). The van der Waals surface area contributed by atoms with Crippen molar-refractivity contribution in [2.45, 2.75) is 50.7 Å². The Balaban J connectivity index is 2.11. The number of nitrogens with one attached hydrogen (secondary N) is 1. The van der Waals surface area contributed by atoms with Crippen molar-refractivity contribution < 1.29 is 22.9 Å². The van der Waals surface area contributed by atoms with Crippen molar-refractivity contribution in [3.05, 3.63) is 99.6 Å². The molecule has 0 bridgehead atoms. The van der Waals surface area contributed by atoms with E-state index in [9.17, 15) is 28.1 Å². The van der Waals surface area contributed by atoms with Gasteiger partial charge >= 0.3 is 0 Å². The van der Waals surface area contributed by atoms with Crippen LogP contribution < -0.4 is 9.62 Å². The maximum absolute atomic E-state index is 14.0. The first-order chi connectivity index (χ1) is 18.9. The van der Waals surface area contributed by atoms with E-state index in [-0.39, 0.29) is 35.3 Å². The largest absolute Gasteiger partial charge is 0.352 e. The normalized spacial score (nSPS) is 12.0. The topological polar surface area (TPSA) is 130 Å². The van der Waals surface area contributed by atoms with Gasteiger partial charge in [-0.1, -0.05) is 61.0 Å². The Morgan fingerprint density at radius 3 is 2.25 bits per heavy atom. The van der Waals surface area contributed by atoms with Crippen LogP contribution in [0.2, 0.25) is 5.02 Å². The fourth-order valence-electron chi connectivity index (χ4n) is 4.12. The van der Waals surface area contributed by atoms with Crippen LogP contribution in [0.15, 0.2) is 83.8 Å². The number of hydrogen-bond donors (Lipinski definition) is 1. The van der Waals surface area contributed by atoms with Gasteiger partial charge in [0.15, 0.2) is 0 Å². The number of hydrogen-bond acceptors (Lipinski definition) is 6. The highest BCUT2D eigenvalue weighted by molar-refractivity contribution is 7.92. The SMILES string of the molecule is CC[C@@H](C(=O)NC(C)C)N(Cc1ccccc1Cl)C(=O)CN(c1cccc([N+](=O)[O-])c1)S(=O)(=O)c1ccccc1. The molecule has 12 heteroatoms. The van der Waals surface area contributed by atoms with Gasteiger partial charge in [-0.05, 0) is 50.1 Å². The molecule has 0 heterocycles. The van der Waals surface area contributed by atoms with Crippen LogP contribution in [0.5, 0.6) is 0 Å². The molecule has 3 aromatic carbocycles. The van der Waals surface area contributed by atoms with E-state index in [0.717, 1.165) is 10.4 Å². The molecule has 0 saturated carbocycles. The van der Waals surface area contributed by atoms with Gasteiger partial charge in [0, 0.05) is 29.7 Å². The second-order valence-corrected chi connectivity index (χ2v) is 11.6. The Morgan fingerprint density at radius 2 is 1.65 bits per heavy atom. The third-order valence-corrected chi connectivity index (χ3v) is 8.21. The number of carbonyl (C=O) groups is 2. The first-order valence-corrected chi connectivity index (χ1v) is 14.4. The van der Waals surface area contributed by atoms with Crippen molar-refractivity contribution in [2.24, 2.45) is 0 Å². The summed E-state index contributed by atoms with van der Waals surface area (Å²) < 4.78 is 28.4. The van der Waals surface area contributed by atoms with Crippen LogP contribution in [0.25, 0.3) is 0 Å². The van der Waals surface area contributed by atoms with Gasteiger partial charge in [0.25, 0.3) is 15.7 Å². The predicted molar refractivity (Wildman–Crippen MR) is 153 cm³/mol. The Kier molecular flexibility index (Phi) is 10.2. The molecule has 0 aliphatic carbocycles. The van der Waals surface area contributed by atoms with Crippen molar-refractivity contribution in [1.29, 1.82) is 0 Å². The molecule has 3 aromatic rings. The first kappa shape index (κ1) is 30.6. The molecular weight excluding hydrogens is 556 g/mol. The van der Waals surface area contributed by atoms with Gasteiger partial charge in [-0.15, -0.1) is 0 Å². The third kappa shape index (κ3) is 7.36. The number of amides is 2. The second kappa shape index (κ2) is 13.4. The number of carbonyl (C=O) groups excluding carboxylic acids is 2. The number of non-ortho nitro benzene ring substituents is 1. The maximum atomic E-state index is 14.0. The summed E-state index contributed by atoms with van der Waals surface area (Å²) in [4.78, 5) is 39.2. The van der Waals surface area contributed by atoms with Gasteiger partial charge in [-0.3, -0.25) is 24.0 Å². The maximum Gasteiger partial charge on any atom is 0.271 e. The molecule has 0 aromatic heterocycles. The highest BCUT2D eigenvalue weighted by Crippen LogP contribution is 2.28. The van der Waals surface area contributed by atoms with Crippen LogP contribution in [-0.4, -0.2) is 48.7 Å². The summed E-state index contributed by atoms with van der Waals surface area (Å²) >= 11 is 6.38. The summed E-state index contributed by atoms with van der Waals surface area (Å²) in [6, 6.07) is 18.2. The van der Waals surface area contributed by atoms with Crippen molar-refractivity contribution in [1.82, 2.24) is 10.2 Å². The van der Waals surface area contributed by atoms with E-state index in [2.05, 4.69) is 5.32 Å². The minimum Gasteiger partial charge on any atom is -0.352 e. The monoisotopic (exact) mass is 586 g/mol. The van der Waals surface area contributed by atoms with Gasteiger partial charge in [-0.25, -0.2) is 8.42 Å². The highest BCUT2D eigenvalue weighted by Gasteiger charge is 2.34. The lowest BCUT2D eigenvalue weighted by Crippen LogP contribution is -2.53. The average Bonchev–Trinajstić information content (AvgIpc) is 2.92. The number of benzene rings is 3. The molecular formula is C28H31ClN4O6S. The molecule has 10 nitrogen and oxygen atoms in total. The fraction of sp³-hybridized carbons (Fsp3) is 0.286. The van der Waals surface area contributed by atoms with Crippen LogP contribution in [0, 0.1) is 10.1 Å². The lowest BCUT2D eigenvalue weighted by Gasteiger charge is -2.33. The average molecular weight is 587 g/mol. The van der Waals surface area contributed by atoms with Crippen LogP contribution >= 0.6 is 11.6 Å². The van der Waals surface area contributed by atoms with Gasteiger partial charge in [-0.2, -0.15) is 0 Å². The molecule has 0 fully saturated rings. The van der Waals surface area contributed by atoms with Gasteiger partial charge in [0.05, 0.1) is 15.5 Å². The molecule has 0 unspecified atom stereocenters. The number of rotatable bonds is 12. The zero-order chi connectivity index (χ0) is 29.4. The van der Waals surface area contributed by atoms with E-state index in [4.69, 9.17) is 11.6 Å². The van der Waals surface area contributed by atoms with E-state index in [1.807, 2.05) is 0 Å². The van der Waals surface area contributed by atoms with Crippen LogP contribution in [-0.2, 0) is 26.2 Å². The Hall–Kier alpha value is -3.96. The smallest absolute Gasteiger partial charge is 0.271 e. The van der Waals surface area contributed by atoms with Crippen molar-refractivity contribution >= 4 is 44.8 Å². The van der Waals surface area contributed by atoms with E-state index in [1.165, 1.54) is 47.4 Å². The van der Waals surface area contributed by atoms with E-state index < -0.39 is 39.3 Å². The summed E-state index contributed by atoms with van der Waals surface area (Å²) in [6.07, 6.45) is 0.247. The number of nitro groups is 1. The van der Waals surface area contributed by atoms with Crippen molar-refractivity contribution in [3.63, 3.8) is 0 Å². The Bertz CT molecular complexity index is 1470. The van der Waals surface area contributed by atoms with E-state index in [0.29, 0.717) is 10.6 Å². The zero-order valence-electron chi connectivity index (χ0n) is 22.4. The standard InChI is InChI=1S/C28H31ClN4O6S/c1-4-26(28(35)30-20(2)3)31(18-21-11-8-9-16-25(21)29)27(34)19-32(22-12-10-13-23(17-22)33(36)37)40(38,39)24-14-6-5-7-15-24/h5-17,20,26H,4,18-19H2,1-3H3,(H,30,35)/t26-/m0/s1. The molecule has 0 aliphatic rings. The number of nitro benzene ring substituents is 1. The molecule has 0 spiro atoms. The van der Waals surface area contributed by atoms with Crippen LogP contribution in [0.1, 0.15) is 32.8 Å². The van der Waals surface area contributed by atoms with Gasteiger partial charge in [0.1, 0.15) is 12.6 Å². The Morgan fingerprint density at radius 1 is 1.00 bits per heavy atom. The molecule has 0 aliphatic heterocycles. The highest BCUT2D eigenvalue weighted by atomic mass is 35.5. The van der Waals surface area contributed by atoms with Crippen LogP contribution in [0.3, 0.4) is 0 Å². The molecule has 1 atom stereocenters. The second-order valence-electron chi connectivity index (χ2n) is 9.30. The molecule has 0 radical (unpaired) electrons. The van der Waals surface area contributed by atoms with Crippen molar-refractivity contribution in [3.8, 4) is 0 Å². The van der Waals surface area contributed by atoms with E-state index >= 15 is 0 Å². The number of anilines is 1. The van der Waals surface area contributed by atoms with Gasteiger partial charge < -0.3 is 10.2 Å². The quantitative estimate of drug-likeness (QED) is 0.240.